The van der Waals surface area contributed by atoms with Gasteiger partial charge in [-0.2, -0.15) is 0 Å². The summed E-state index contributed by atoms with van der Waals surface area (Å²) < 4.78 is 16.3. The van der Waals surface area contributed by atoms with Crippen LogP contribution in [0.4, 0.5) is 4.79 Å². The lowest BCUT2D eigenvalue weighted by atomic mass is 9.87. The molecule has 0 heterocycles. The van der Waals surface area contributed by atoms with Gasteiger partial charge in [-0.3, -0.25) is 4.79 Å². The Morgan fingerprint density at radius 1 is 0.520 bits per heavy atom. The second kappa shape index (κ2) is 36.0. The molecule has 0 saturated heterocycles. The monoisotopic (exact) mass is 712 g/mol. The number of esters is 1. The third kappa shape index (κ3) is 31.4. The molecule has 0 atom stereocenters. The molecule has 50 heavy (non-hydrogen) atoms. The third-order valence-electron chi connectivity index (χ3n) is 10.2. The largest absolute Gasteiger partial charge is 0.508 e. The molecule has 0 aliphatic rings. The van der Waals surface area contributed by atoms with E-state index in [1.807, 2.05) is 13.8 Å². The van der Waals surface area contributed by atoms with Crippen molar-refractivity contribution >= 4 is 12.1 Å². The van der Waals surface area contributed by atoms with E-state index in [0.29, 0.717) is 32.3 Å². The average molecular weight is 712 g/mol. The van der Waals surface area contributed by atoms with Crippen LogP contribution in [-0.4, -0.2) is 68.2 Å². The summed E-state index contributed by atoms with van der Waals surface area (Å²) in [5.74, 6) is 0.639. The molecule has 1 N–H and O–H groups in total. The molecule has 0 aliphatic heterocycles. The fourth-order valence-electron chi connectivity index (χ4n) is 6.70. The average Bonchev–Trinajstić information content (AvgIpc) is 3.10. The van der Waals surface area contributed by atoms with Crippen LogP contribution in [0.2, 0.25) is 0 Å². The van der Waals surface area contributed by atoms with Gasteiger partial charge in [0.15, 0.2) is 0 Å². The lowest BCUT2D eigenvalue weighted by Gasteiger charge is -2.24. The summed E-state index contributed by atoms with van der Waals surface area (Å²) >= 11 is 0. The molecule has 0 rings (SSSR count). The van der Waals surface area contributed by atoms with Gasteiger partial charge in [-0.1, -0.05) is 156 Å². The Kier molecular flexibility index (Phi) is 35.1. The minimum Gasteiger partial charge on any atom is -0.465 e. The Morgan fingerprint density at radius 2 is 0.960 bits per heavy atom. The van der Waals surface area contributed by atoms with Crippen LogP contribution >= 0.6 is 0 Å². The van der Waals surface area contributed by atoms with Gasteiger partial charge in [0, 0.05) is 6.54 Å². The van der Waals surface area contributed by atoms with E-state index in [-0.39, 0.29) is 12.6 Å². The molecule has 0 amide bonds. The minimum absolute atomic E-state index is 0.0432. The van der Waals surface area contributed by atoms with E-state index >= 15 is 0 Å². The van der Waals surface area contributed by atoms with E-state index in [0.717, 1.165) is 77.3 Å². The first-order valence-corrected chi connectivity index (χ1v) is 21.6. The molecule has 0 aromatic carbocycles. The molecule has 0 aromatic heterocycles. The van der Waals surface area contributed by atoms with E-state index < -0.39 is 11.6 Å². The first-order valence-electron chi connectivity index (χ1n) is 21.6. The molecule has 0 spiro atoms. The van der Waals surface area contributed by atoms with Crippen LogP contribution in [0.15, 0.2) is 0 Å². The minimum atomic E-state index is -0.553. The van der Waals surface area contributed by atoms with Gasteiger partial charge in [-0.15, -0.1) is 0 Å². The first-order chi connectivity index (χ1) is 24.3. The highest BCUT2D eigenvalue weighted by Crippen LogP contribution is 2.27. The van der Waals surface area contributed by atoms with Crippen molar-refractivity contribution in [2.45, 2.75) is 208 Å². The van der Waals surface area contributed by atoms with Crippen LogP contribution in [0.5, 0.6) is 0 Å². The fourth-order valence-corrected chi connectivity index (χ4v) is 6.70. The van der Waals surface area contributed by atoms with Crippen molar-refractivity contribution in [2.24, 2.45) is 11.3 Å². The molecule has 0 aromatic rings. The third-order valence-corrected chi connectivity index (χ3v) is 10.2. The molecule has 7 nitrogen and oxygen atoms in total. The maximum Gasteiger partial charge on any atom is 0.508 e. The number of hydrogen-bond donors (Lipinski definition) is 1. The number of nitrogens with zero attached hydrogens (tertiary/aromatic N) is 1. The zero-order valence-electron chi connectivity index (χ0n) is 34.1. The molecule has 0 saturated carbocycles. The van der Waals surface area contributed by atoms with Crippen molar-refractivity contribution in [1.82, 2.24) is 4.90 Å². The maximum atomic E-state index is 12.9. The van der Waals surface area contributed by atoms with Crippen LogP contribution in [0.25, 0.3) is 0 Å². The Labute approximate surface area is 310 Å². The SMILES string of the molecule is CCCCCCCCCCCOC(=O)OCCCCN(CCO)CCCCCCC(C)(C)C(=O)OCCC(CCCCCC)CCCCCC. The molecule has 7 heteroatoms. The standard InChI is InChI=1S/C43H85NO6/c1-6-9-12-15-16-17-18-21-27-37-49-42(47)50-38-28-26-34-44(35-36-45)33-25-20-19-24-32-43(4,5)41(46)48-39-31-40(29-22-13-10-7-2)30-23-14-11-8-3/h40,45H,6-39H2,1-5H3. The topological polar surface area (TPSA) is 85.3 Å². The van der Waals surface area contributed by atoms with Gasteiger partial charge in [0.25, 0.3) is 0 Å². The van der Waals surface area contributed by atoms with E-state index in [2.05, 4.69) is 25.7 Å². The highest BCUT2D eigenvalue weighted by molar-refractivity contribution is 5.75. The number of rotatable bonds is 38. The predicted molar refractivity (Wildman–Crippen MR) is 211 cm³/mol. The molecule has 0 fully saturated rings. The summed E-state index contributed by atoms with van der Waals surface area (Å²) in [7, 11) is 0. The predicted octanol–water partition coefficient (Wildman–Crippen LogP) is 12.2. The number of unbranched alkanes of at least 4 members (excludes halogenated alkanes) is 18. The number of aliphatic hydroxyl groups is 1. The van der Waals surface area contributed by atoms with Gasteiger partial charge < -0.3 is 24.2 Å². The van der Waals surface area contributed by atoms with E-state index in [4.69, 9.17) is 14.2 Å². The Balaban J connectivity index is 4.03. The van der Waals surface area contributed by atoms with Gasteiger partial charge in [0.1, 0.15) is 0 Å². The summed E-state index contributed by atoms with van der Waals surface area (Å²) in [6.07, 6.45) is 31.4. The molecule has 0 bridgehead atoms. The molecule has 0 radical (unpaired) electrons. The van der Waals surface area contributed by atoms with Gasteiger partial charge in [-0.05, 0) is 71.4 Å². The molecule has 298 valence electrons. The summed E-state index contributed by atoms with van der Waals surface area (Å²) in [6.45, 7) is 14.9. The second-order valence-corrected chi connectivity index (χ2v) is 15.6. The smallest absolute Gasteiger partial charge is 0.465 e. The van der Waals surface area contributed by atoms with Crippen LogP contribution < -0.4 is 0 Å². The van der Waals surface area contributed by atoms with Crippen LogP contribution in [0.1, 0.15) is 208 Å². The zero-order valence-corrected chi connectivity index (χ0v) is 34.1. The lowest BCUT2D eigenvalue weighted by molar-refractivity contribution is -0.154. The van der Waals surface area contributed by atoms with Gasteiger partial charge in [-0.25, -0.2) is 4.79 Å². The molecule has 0 unspecified atom stereocenters. The zero-order chi connectivity index (χ0) is 37.0. The van der Waals surface area contributed by atoms with E-state index in [9.17, 15) is 14.7 Å². The van der Waals surface area contributed by atoms with Crippen LogP contribution in [-0.2, 0) is 19.0 Å². The van der Waals surface area contributed by atoms with Crippen molar-refractivity contribution in [1.29, 1.82) is 0 Å². The van der Waals surface area contributed by atoms with E-state index in [1.54, 1.807) is 0 Å². The maximum absolute atomic E-state index is 12.9. The van der Waals surface area contributed by atoms with Crippen LogP contribution in [0.3, 0.4) is 0 Å². The van der Waals surface area contributed by atoms with Crippen molar-refractivity contribution < 1.29 is 28.9 Å². The molecular weight excluding hydrogens is 626 g/mol. The summed E-state index contributed by atoms with van der Waals surface area (Å²) in [6, 6.07) is 0. The van der Waals surface area contributed by atoms with Gasteiger partial charge in [0.05, 0.1) is 31.8 Å². The fraction of sp³-hybridized carbons (Fsp3) is 0.953. The number of ether oxygens (including phenoxy) is 3. The quantitative estimate of drug-likeness (QED) is 0.0504. The summed E-state index contributed by atoms with van der Waals surface area (Å²) in [5, 5.41) is 9.52. The van der Waals surface area contributed by atoms with Gasteiger partial charge in [0.2, 0.25) is 0 Å². The number of hydrogen-bond acceptors (Lipinski definition) is 7. The second-order valence-electron chi connectivity index (χ2n) is 15.6. The van der Waals surface area contributed by atoms with Crippen molar-refractivity contribution in [2.75, 3.05) is 46.1 Å². The van der Waals surface area contributed by atoms with Crippen molar-refractivity contribution in [3.63, 3.8) is 0 Å². The first kappa shape index (κ1) is 48.7. The number of carbonyl (C=O) groups excluding carboxylic acids is 2. The molecular formula is C43H85NO6. The Hall–Kier alpha value is -1.34. The Morgan fingerprint density at radius 3 is 1.50 bits per heavy atom. The van der Waals surface area contributed by atoms with Crippen molar-refractivity contribution in [3.8, 4) is 0 Å². The normalized spacial score (nSPS) is 11.8. The highest BCUT2D eigenvalue weighted by Gasteiger charge is 2.28. The van der Waals surface area contributed by atoms with Gasteiger partial charge >= 0.3 is 12.1 Å². The van der Waals surface area contributed by atoms with E-state index in [1.165, 1.54) is 109 Å². The number of carbonyl (C=O) groups is 2. The number of aliphatic hydroxyl groups excluding tert-OH is 1. The van der Waals surface area contributed by atoms with Crippen LogP contribution in [0, 0.1) is 11.3 Å². The lowest BCUT2D eigenvalue weighted by Crippen LogP contribution is -2.29. The highest BCUT2D eigenvalue weighted by atomic mass is 16.7. The van der Waals surface area contributed by atoms with Crippen molar-refractivity contribution in [3.05, 3.63) is 0 Å². The Bertz CT molecular complexity index is 733. The summed E-state index contributed by atoms with van der Waals surface area (Å²) in [4.78, 5) is 27.1. The summed E-state index contributed by atoms with van der Waals surface area (Å²) in [5.41, 5.74) is -0.442. The molecule has 0 aliphatic carbocycles.